The van der Waals surface area contributed by atoms with Gasteiger partial charge >= 0.3 is 0 Å². The number of anilines is 1. The first-order valence-electron chi connectivity index (χ1n) is 11.4. The number of rotatable bonds is 9. The molecule has 0 atom stereocenters. The number of carbonyl (C=O) groups excluding carboxylic acids is 2. The number of hydrogen-bond acceptors (Lipinski definition) is 3. The van der Waals surface area contributed by atoms with Crippen LogP contribution in [0, 0.1) is 5.92 Å². The Hall–Kier alpha value is -3.60. The van der Waals surface area contributed by atoms with Crippen LogP contribution in [0.15, 0.2) is 78.9 Å². The third-order valence-electron chi connectivity index (χ3n) is 5.93. The molecule has 5 nitrogen and oxygen atoms in total. The Balaban J connectivity index is 1.30. The summed E-state index contributed by atoms with van der Waals surface area (Å²) in [6, 6.07) is 24.4. The number of amides is 2. The molecule has 170 valence electrons. The van der Waals surface area contributed by atoms with E-state index in [9.17, 15) is 9.59 Å². The van der Waals surface area contributed by atoms with E-state index in [4.69, 9.17) is 4.74 Å². The summed E-state index contributed by atoms with van der Waals surface area (Å²) in [6.07, 6.45) is 2.18. The van der Waals surface area contributed by atoms with Crippen molar-refractivity contribution in [1.29, 1.82) is 0 Å². The van der Waals surface area contributed by atoms with Crippen LogP contribution < -0.4 is 15.4 Å². The lowest BCUT2D eigenvalue weighted by molar-refractivity contribution is 0.0949. The first-order chi connectivity index (χ1) is 15.9. The summed E-state index contributed by atoms with van der Waals surface area (Å²) in [5, 5.41) is 5.94. The summed E-state index contributed by atoms with van der Waals surface area (Å²) in [5.41, 5.74) is 3.11. The van der Waals surface area contributed by atoms with Gasteiger partial charge < -0.3 is 15.4 Å². The molecule has 0 radical (unpaired) electrons. The van der Waals surface area contributed by atoms with Crippen LogP contribution in [0.5, 0.6) is 5.75 Å². The van der Waals surface area contributed by atoms with E-state index in [-0.39, 0.29) is 17.2 Å². The molecule has 5 heteroatoms. The van der Waals surface area contributed by atoms with Crippen LogP contribution in [0.3, 0.4) is 0 Å². The highest BCUT2D eigenvalue weighted by Gasteiger charge is 2.44. The quantitative estimate of drug-likeness (QED) is 0.464. The SMILES string of the molecule is CC(C)COc1ccc(C(=O)Nc2ccc(C(=O)NCC3(c4ccccc4)CC3)cc2)cc1. The van der Waals surface area contributed by atoms with Gasteiger partial charge in [0.25, 0.3) is 11.8 Å². The molecule has 4 rings (SSSR count). The second-order valence-corrected chi connectivity index (χ2v) is 9.09. The van der Waals surface area contributed by atoms with E-state index in [0.29, 0.717) is 35.9 Å². The van der Waals surface area contributed by atoms with Gasteiger partial charge in [-0.05, 0) is 72.9 Å². The molecule has 0 saturated heterocycles. The van der Waals surface area contributed by atoms with Crippen LogP contribution in [-0.2, 0) is 5.41 Å². The van der Waals surface area contributed by atoms with Gasteiger partial charge in [-0.15, -0.1) is 0 Å². The summed E-state index contributed by atoms with van der Waals surface area (Å²) in [7, 11) is 0. The van der Waals surface area contributed by atoms with Gasteiger partial charge in [0.1, 0.15) is 5.75 Å². The number of hydrogen-bond donors (Lipinski definition) is 2. The van der Waals surface area contributed by atoms with E-state index in [1.165, 1.54) is 5.56 Å². The predicted octanol–water partition coefficient (Wildman–Crippen LogP) is 5.44. The fraction of sp³-hybridized carbons (Fsp3) is 0.286. The second-order valence-electron chi connectivity index (χ2n) is 9.09. The Bertz CT molecular complexity index is 1090. The van der Waals surface area contributed by atoms with Gasteiger partial charge in [0.15, 0.2) is 0 Å². The maximum atomic E-state index is 12.6. The summed E-state index contributed by atoms with van der Waals surface area (Å²) < 4.78 is 5.66. The van der Waals surface area contributed by atoms with Gasteiger partial charge in [-0.2, -0.15) is 0 Å². The normalized spacial score (nSPS) is 13.9. The van der Waals surface area contributed by atoms with Crippen molar-refractivity contribution in [3.05, 3.63) is 95.6 Å². The molecule has 1 aliphatic carbocycles. The average Bonchev–Trinajstić information content (AvgIpc) is 3.64. The molecule has 2 amide bonds. The van der Waals surface area contributed by atoms with Crippen LogP contribution in [0.25, 0.3) is 0 Å². The van der Waals surface area contributed by atoms with Gasteiger partial charge in [-0.3, -0.25) is 9.59 Å². The zero-order valence-electron chi connectivity index (χ0n) is 19.1. The number of nitrogens with one attached hydrogen (secondary N) is 2. The molecule has 1 aliphatic rings. The molecule has 1 saturated carbocycles. The molecule has 0 aliphatic heterocycles. The molecule has 2 N–H and O–H groups in total. The highest BCUT2D eigenvalue weighted by molar-refractivity contribution is 6.04. The molecule has 1 fully saturated rings. The van der Waals surface area contributed by atoms with Gasteiger partial charge in [-0.1, -0.05) is 44.2 Å². The van der Waals surface area contributed by atoms with Crippen LogP contribution >= 0.6 is 0 Å². The van der Waals surface area contributed by atoms with Crippen LogP contribution in [0.2, 0.25) is 0 Å². The second kappa shape index (κ2) is 9.90. The zero-order chi connectivity index (χ0) is 23.3. The van der Waals surface area contributed by atoms with E-state index < -0.39 is 0 Å². The lowest BCUT2D eigenvalue weighted by Crippen LogP contribution is -2.32. The lowest BCUT2D eigenvalue weighted by Gasteiger charge is -2.16. The zero-order valence-corrected chi connectivity index (χ0v) is 19.1. The van der Waals surface area contributed by atoms with Crippen molar-refractivity contribution in [2.45, 2.75) is 32.1 Å². The summed E-state index contributed by atoms with van der Waals surface area (Å²) >= 11 is 0. The van der Waals surface area contributed by atoms with E-state index in [1.807, 2.05) is 18.2 Å². The summed E-state index contributed by atoms with van der Waals surface area (Å²) in [5.74, 6) is 0.876. The third-order valence-corrected chi connectivity index (χ3v) is 5.93. The van der Waals surface area contributed by atoms with Crippen LogP contribution in [0.4, 0.5) is 5.69 Å². The molecular weight excluding hydrogens is 412 g/mol. The Labute approximate surface area is 195 Å². The standard InChI is InChI=1S/C28H30N2O3/c1-20(2)18-33-25-14-10-22(11-15-25)27(32)30-24-12-8-21(9-13-24)26(31)29-19-28(16-17-28)23-6-4-3-5-7-23/h3-15,20H,16-19H2,1-2H3,(H,29,31)(H,30,32). The minimum absolute atomic E-state index is 0.0697. The fourth-order valence-electron chi connectivity index (χ4n) is 3.74. The van der Waals surface area contributed by atoms with Gasteiger partial charge in [0.2, 0.25) is 0 Å². The monoisotopic (exact) mass is 442 g/mol. The molecule has 3 aromatic rings. The van der Waals surface area contributed by atoms with E-state index >= 15 is 0 Å². The highest BCUT2D eigenvalue weighted by Crippen LogP contribution is 2.47. The first-order valence-corrected chi connectivity index (χ1v) is 11.4. The van der Waals surface area contributed by atoms with E-state index in [0.717, 1.165) is 18.6 Å². The third kappa shape index (κ3) is 5.80. The van der Waals surface area contributed by atoms with Crippen molar-refractivity contribution in [3.63, 3.8) is 0 Å². The van der Waals surface area contributed by atoms with Gasteiger partial charge in [-0.25, -0.2) is 0 Å². The maximum Gasteiger partial charge on any atom is 0.255 e. The topological polar surface area (TPSA) is 67.4 Å². The predicted molar refractivity (Wildman–Crippen MR) is 131 cm³/mol. The Morgan fingerprint density at radius 2 is 1.45 bits per heavy atom. The Morgan fingerprint density at radius 1 is 0.848 bits per heavy atom. The average molecular weight is 443 g/mol. The number of carbonyl (C=O) groups is 2. The molecule has 0 aromatic heterocycles. The number of ether oxygens (including phenoxy) is 1. The van der Waals surface area contributed by atoms with Crippen molar-refractivity contribution < 1.29 is 14.3 Å². The summed E-state index contributed by atoms with van der Waals surface area (Å²) in [4.78, 5) is 25.2. The molecule has 0 bridgehead atoms. The highest BCUT2D eigenvalue weighted by atomic mass is 16.5. The Morgan fingerprint density at radius 3 is 2.06 bits per heavy atom. The first kappa shape index (κ1) is 22.6. The number of benzene rings is 3. The van der Waals surface area contributed by atoms with Gasteiger partial charge in [0.05, 0.1) is 6.61 Å². The fourth-order valence-corrected chi connectivity index (χ4v) is 3.74. The minimum atomic E-state index is -0.207. The van der Waals surface area contributed by atoms with Crippen LogP contribution in [0.1, 0.15) is 53.0 Å². The van der Waals surface area contributed by atoms with Gasteiger partial charge in [0, 0.05) is 28.8 Å². The van der Waals surface area contributed by atoms with Crippen molar-refractivity contribution in [2.75, 3.05) is 18.5 Å². The molecule has 0 spiro atoms. The smallest absolute Gasteiger partial charge is 0.255 e. The van der Waals surface area contributed by atoms with Crippen molar-refractivity contribution in [1.82, 2.24) is 5.32 Å². The minimum Gasteiger partial charge on any atom is -0.493 e. The molecular formula is C28H30N2O3. The molecule has 0 heterocycles. The molecule has 3 aromatic carbocycles. The van der Waals surface area contributed by atoms with Crippen molar-refractivity contribution >= 4 is 17.5 Å². The van der Waals surface area contributed by atoms with Crippen molar-refractivity contribution in [2.24, 2.45) is 5.92 Å². The van der Waals surface area contributed by atoms with Crippen LogP contribution in [-0.4, -0.2) is 25.0 Å². The summed E-state index contributed by atoms with van der Waals surface area (Å²) in [6.45, 7) is 5.44. The molecule has 33 heavy (non-hydrogen) atoms. The largest absolute Gasteiger partial charge is 0.493 e. The molecule has 0 unspecified atom stereocenters. The van der Waals surface area contributed by atoms with E-state index in [2.05, 4.69) is 36.6 Å². The van der Waals surface area contributed by atoms with E-state index in [1.54, 1.807) is 48.5 Å². The van der Waals surface area contributed by atoms with Crippen molar-refractivity contribution in [3.8, 4) is 5.75 Å². The Kier molecular flexibility index (Phi) is 6.78. The maximum absolute atomic E-state index is 12.6. The lowest BCUT2D eigenvalue weighted by atomic mass is 9.96.